The fraction of sp³-hybridized carbons (Fsp3) is 0. The van der Waals surface area contributed by atoms with E-state index in [0.717, 1.165) is 0 Å². The molecule has 0 N–H and O–H groups in total. The van der Waals surface area contributed by atoms with Gasteiger partial charge in [-0.3, -0.25) is 4.79 Å². The number of aldehydes is 1. The topological polar surface area (TPSA) is 17.1 Å². The van der Waals surface area contributed by atoms with E-state index in [1.165, 1.54) is 24.3 Å². The molecule has 0 aliphatic heterocycles. The van der Waals surface area contributed by atoms with E-state index in [2.05, 4.69) is 0 Å². The number of benzene rings is 2. The van der Waals surface area contributed by atoms with Crippen LogP contribution < -0.4 is 0 Å². The van der Waals surface area contributed by atoms with E-state index in [1.807, 2.05) is 0 Å². The van der Waals surface area contributed by atoms with Crippen molar-refractivity contribution in [1.29, 1.82) is 0 Å². The summed E-state index contributed by atoms with van der Waals surface area (Å²) in [5.74, 6) is -2.97. The highest BCUT2D eigenvalue weighted by Crippen LogP contribution is 2.27. The van der Waals surface area contributed by atoms with Crippen molar-refractivity contribution in [3.63, 3.8) is 0 Å². The second-order valence-electron chi connectivity index (χ2n) is 3.49. The van der Waals surface area contributed by atoms with E-state index in [-0.39, 0.29) is 11.1 Å². The van der Waals surface area contributed by atoms with E-state index in [1.54, 1.807) is 0 Å². The Morgan fingerprint density at radius 3 is 2.18 bits per heavy atom. The Balaban J connectivity index is 2.63. The van der Waals surface area contributed by atoms with Crippen LogP contribution in [-0.2, 0) is 0 Å². The van der Waals surface area contributed by atoms with Crippen LogP contribution >= 0.6 is 0 Å². The van der Waals surface area contributed by atoms with Gasteiger partial charge in [0.15, 0.2) is 0 Å². The van der Waals surface area contributed by atoms with Gasteiger partial charge in [-0.15, -0.1) is 0 Å². The van der Waals surface area contributed by atoms with E-state index < -0.39 is 17.5 Å². The molecule has 0 heterocycles. The van der Waals surface area contributed by atoms with Gasteiger partial charge in [-0.05, 0) is 11.6 Å². The molecule has 2 aromatic carbocycles. The molecule has 1 nitrogen and oxygen atoms in total. The molecule has 2 rings (SSSR count). The van der Waals surface area contributed by atoms with Crippen LogP contribution in [0.1, 0.15) is 10.4 Å². The van der Waals surface area contributed by atoms with Crippen molar-refractivity contribution >= 4 is 6.29 Å². The molecule has 0 aliphatic carbocycles. The van der Waals surface area contributed by atoms with Gasteiger partial charge in [0.1, 0.15) is 23.7 Å². The van der Waals surface area contributed by atoms with Gasteiger partial charge in [-0.25, -0.2) is 13.2 Å². The van der Waals surface area contributed by atoms with E-state index >= 15 is 0 Å². The number of rotatable bonds is 2. The third kappa shape index (κ3) is 2.20. The van der Waals surface area contributed by atoms with Crippen molar-refractivity contribution in [2.75, 3.05) is 0 Å². The summed E-state index contributed by atoms with van der Waals surface area (Å²) in [6, 6.07) is 7.01. The van der Waals surface area contributed by atoms with Gasteiger partial charge in [0.2, 0.25) is 0 Å². The first-order chi connectivity index (χ1) is 8.11. The second kappa shape index (κ2) is 4.41. The Morgan fingerprint density at radius 1 is 0.941 bits per heavy atom. The minimum Gasteiger partial charge on any atom is -0.298 e. The molecule has 4 heteroatoms. The highest BCUT2D eigenvalue weighted by atomic mass is 19.1. The lowest BCUT2D eigenvalue weighted by Crippen LogP contribution is -1.93. The standard InChI is InChI=1S/C13H7F3O/c14-10-5-11(15)13(12(16)6-10)9-3-1-2-8(4-9)7-17/h1-7H. The van der Waals surface area contributed by atoms with Crippen molar-refractivity contribution in [1.82, 2.24) is 0 Å². The summed E-state index contributed by atoms with van der Waals surface area (Å²) >= 11 is 0. The summed E-state index contributed by atoms with van der Waals surface area (Å²) in [7, 11) is 0. The molecule has 2 aromatic rings. The summed E-state index contributed by atoms with van der Waals surface area (Å²) < 4.78 is 39.7. The molecule has 0 fully saturated rings. The summed E-state index contributed by atoms with van der Waals surface area (Å²) in [5, 5.41) is 0. The molecule has 86 valence electrons. The summed E-state index contributed by atoms with van der Waals surface area (Å²) in [6.45, 7) is 0. The number of carbonyl (C=O) groups is 1. The van der Waals surface area contributed by atoms with Gasteiger partial charge >= 0.3 is 0 Å². The maximum absolute atomic E-state index is 13.5. The Bertz CT molecular complexity index is 556. The van der Waals surface area contributed by atoms with Gasteiger partial charge in [0.25, 0.3) is 0 Å². The Kier molecular flexibility index (Phi) is 2.95. The summed E-state index contributed by atoms with van der Waals surface area (Å²) in [4.78, 5) is 10.6. The minimum absolute atomic E-state index is 0.199. The molecule has 0 amide bonds. The molecule has 0 spiro atoms. The Labute approximate surface area is 95.5 Å². The predicted octanol–water partition coefficient (Wildman–Crippen LogP) is 3.58. The normalized spacial score (nSPS) is 10.3. The van der Waals surface area contributed by atoms with Gasteiger partial charge < -0.3 is 0 Å². The van der Waals surface area contributed by atoms with Gasteiger partial charge in [0.05, 0.1) is 5.56 Å². The van der Waals surface area contributed by atoms with Gasteiger partial charge in [-0.2, -0.15) is 0 Å². The largest absolute Gasteiger partial charge is 0.298 e. The fourth-order valence-electron chi connectivity index (χ4n) is 1.59. The van der Waals surface area contributed by atoms with Gasteiger partial charge in [-0.1, -0.05) is 18.2 Å². The van der Waals surface area contributed by atoms with Crippen molar-refractivity contribution in [2.24, 2.45) is 0 Å². The first kappa shape index (κ1) is 11.4. The molecule has 0 aromatic heterocycles. The molecular formula is C13H7F3O. The first-order valence-corrected chi connectivity index (χ1v) is 4.82. The zero-order valence-corrected chi connectivity index (χ0v) is 8.58. The highest BCUT2D eigenvalue weighted by Gasteiger charge is 2.13. The zero-order valence-electron chi connectivity index (χ0n) is 8.58. The van der Waals surface area contributed by atoms with E-state index in [0.29, 0.717) is 24.0 Å². The Hall–Kier alpha value is -2.10. The highest BCUT2D eigenvalue weighted by molar-refractivity contribution is 5.79. The van der Waals surface area contributed by atoms with Crippen LogP contribution in [0.4, 0.5) is 13.2 Å². The quantitative estimate of drug-likeness (QED) is 0.728. The molecule has 0 unspecified atom stereocenters. The van der Waals surface area contributed by atoms with Crippen LogP contribution in [0.2, 0.25) is 0 Å². The number of hydrogen-bond donors (Lipinski definition) is 0. The van der Waals surface area contributed by atoms with Crippen LogP contribution in [0.15, 0.2) is 36.4 Å². The second-order valence-corrected chi connectivity index (χ2v) is 3.49. The maximum Gasteiger partial charge on any atom is 0.150 e. The van der Waals surface area contributed by atoms with Crippen molar-refractivity contribution in [3.05, 3.63) is 59.4 Å². The first-order valence-electron chi connectivity index (χ1n) is 4.82. The molecule has 17 heavy (non-hydrogen) atoms. The van der Waals surface area contributed by atoms with Crippen molar-refractivity contribution < 1.29 is 18.0 Å². The monoisotopic (exact) mass is 236 g/mol. The van der Waals surface area contributed by atoms with Crippen LogP contribution in [-0.4, -0.2) is 6.29 Å². The van der Waals surface area contributed by atoms with E-state index in [4.69, 9.17) is 0 Å². The van der Waals surface area contributed by atoms with Crippen LogP contribution in [0.25, 0.3) is 11.1 Å². The van der Waals surface area contributed by atoms with E-state index in [9.17, 15) is 18.0 Å². The SMILES string of the molecule is O=Cc1cccc(-c2c(F)cc(F)cc2F)c1. The molecule has 0 bridgehead atoms. The lowest BCUT2D eigenvalue weighted by atomic mass is 10.0. The smallest absolute Gasteiger partial charge is 0.150 e. The van der Waals surface area contributed by atoms with Crippen LogP contribution in [0.3, 0.4) is 0 Å². The number of hydrogen-bond acceptors (Lipinski definition) is 1. The number of halogens is 3. The minimum atomic E-state index is -0.995. The molecule has 0 radical (unpaired) electrons. The lowest BCUT2D eigenvalue weighted by Gasteiger charge is -2.06. The molecule has 0 saturated carbocycles. The molecule has 0 atom stereocenters. The van der Waals surface area contributed by atoms with Crippen LogP contribution in [0.5, 0.6) is 0 Å². The van der Waals surface area contributed by atoms with Crippen LogP contribution in [0, 0.1) is 17.5 Å². The zero-order chi connectivity index (χ0) is 12.4. The third-order valence-corrected chi connectivity index (χ3v) is 2.32. The predicted molar refractivity (Wildman–Crippen MR) is 57.1 cm³/mol. The summed E-state index contributed by atoms with van der Waals surface area (Å²) in [6.07, 6.45) is 0.572. The van der Waals surface area contributed by atoms with Gasteiger partial charge in [0, 0.05) is 17.7 Å². The maximum atomic E-state index is 13.5. The molecule has 0 saturated heterocycles. The molecular weight excluding hydrogens is 229 g/mol. The van der Waals surface area contributed by atoms with Crippen molar-refractivity contribution in [2.45, 2.75) is 0 Å². The molecule has 0 aliphatic rings. The Morgan fingerprint density at radius 2 is 1.59 bits per heavy atom. The third-order valence-electron chi connectivity index (χ3n) is 2.32. The average Bonchev–Trinajstić information content (AvgIpc) is 2.28. The average molecular weight is 236 g/mol. The summed E-state index contributed by atoms with van der Waals surface area (Å²) in [5.41, 5.74) is 0.158. The fourth-order valence-corrected chi connectivity index (χ4v) is 1.59. The lowest BCUT2D eigenvalue weighted by molar-refractivity contribution is 0.112. The van der Waals surface area contributed by atoms with Crippen molar-refractivity contribution in [3.8, 4) is 11.1 Å². The number of carbonyl (C=O) groups excluding carboxylic acids is 1.